The maximum atomic E-state index is 12.7. The number of phosphoric acid groups is 1. The van der Waals surface area contributed by atoms with Gasteiger partial charge in [0.1, 0.15) is 19.8 Å². The van der Waals surface area contributed by atoms with Gasteiger partial charge >= 0.3 is 19.8 Å². The summed E-state index contributed by atoms with van der Waals surface area (Å²) >= 11 is 0. The van der Waals surface area contributed by atoms with Crippen molar-refractivity contribution in [1.29, 1.82) is 0 Å². The van der Waals surface area contributed by atoms with Gasteiger partial charge < -0.3 is 23.6 Å². The van der Waals surface area contributed by atoms with Gasteiger partial charge in [-0.1, -0.05) is 140 Å². The van der Waals surface area contributed by atoms with Crippen LogP contribution in [0.4, 0.5) is 0 Å². The lowest BCUT2D eigenvalue weighted by Crippen LogP contribution is -2.37. The summed E-state index contributed by atoms with van der Waals surface area (Å²) in [5.74, 6) is -0.871. The number of carbonyl (C=O) groups is 2. The second-order valence-electron chi connectivity index (χ2n) is 15.7. The van der Waals surface area contributed by atoms with E-state index in [1.54, 1.807) is 0 Å². The van der Waals surface area contributed by atoms with Gasteiger partial charge in [0.15, 0.2) is 6.10 Å². The van der Waals surface area contributed by atoms with Gasteiger partial charge in [0.2, 0.25) is 0 Å². The minimum Gasteiger partial charge on any atom is -0.462 e. The van der Waals surface area contributed by atoms with Gasteiger partial charge in [-0.2, -0.15) is 0 Å². The summed E-state index contributed by atoms with van der Waals surface area (Å²) in [6.07, 6.45) is 39.3. The number of nitrogens with zero attached hydrogens (tertiary/aromatic N) is 1. The van der Waals surface area contributed by atoms with Gasteiger partial charge in [0, 0.05) is 12.8 Å². The molecule has 55 heavy (non-hydrogen) atoms. The number of esters is 2. The van der Waals surface area contributed by atoms with Crippen molar-refractivity contribution < 1.29 is 46.8 Å². The topological polar surface area (TPSA) is 121 Å². The predicted octanol–water partition coefficient (Wildman–Crippen LogP) is 10.9. The molecule has 0 aromatic carbocycles. The molecule has 0 amide bonds. The summed E-state index contributed by atoms with van der Waals surface area (Å²) in [4.78, 5) is 35.3. The molecule has 4 atom stereocenters. The Morgan fingerprint density at radius 3 is 1.75 bits per heavy atom. The van der Waals surface area contributed by atoms with Gasteiger partial charge in [-0.3, -0.25) is 18.6 Å². The fraction of sp³-hybridized carbons (Fsp3) is 0.773. The van der Waals surface area contributed by atoms with E-state index in [4.69, 9.17) is 23.3 Å². The van der Waals surface area contributed by atoms with Crippen LogP contribution in [0.2, 0.25) is 0 Å². The van der Waals surface area contributed by atoms with E-state index in [0.29, 0.717) is 36.1 Å². The van der Waals surface area contributed by atoms with Crippen LogP contribution in [0, 0.1) is 0 Å². The molecule has 0 aromatic heterocycles. The maximum absolute atomic E-state index is 12.7. The van der Waals surface area contributed by atoms with Crippen molar-refractivity contribution in [1.82, 2.24) is 0 Å². The highest BCUT2D eigenvalue weighted by atomic mass is 31.2. The Labute approximate surface area is 335 Å². The molecule has 1 heterocycles. The Morgan fingerprint density at radius 1 is 0.673 bits per heavy atom. The Balaban J connectivity index is 2.32. The number of rotatable bonds is 37. The minimum atomic E-state index is -4.39. The molecule has 0 aromatic rings. The molecule has 0 saturated carbocycles. The van der Waals surface area contributed by atoms with Crippen LogP contribution in [0.15, 0.2) is 48.6 Å². The zero-order valence-electron chi connectivity index (χ0n) is 35.3. The third-order valence-corrected chi connectivity index (χ3v) is 10.3. The molecule has 1 fully saturated rings. The minimum absolute atomic E-state index is 0.0185. The summed E-state index contributed by atoms with van der Waals surface area (Å²) < 4.78 is 39.7. The quantitative estimate of drug-likeness (QED) is 0.0163. The largest absolute Gasteiger partial charge is 0.472 e. The average Bonchev–Trinajstić information content (AvgIpc) is 3.91. The molecule has 318 valence electrons. The van der Waals surface area contributed by atoms with Gasteiger partial charge in [-0.05, 0) is 51.4 Å². The molecular weight excluding hydrogens is 717 g/mol. The third kappa shape index (κ3) is 33.8. The Bertz CT molecular complexity index is 1150. The van der Waals surface area contributed by atoms with Crippen molar-refractivity contribution in [3.8, 4) is 0 Å². The van der Waals surface area contributed by atoms with Crippen LogP contribution in [-0.4, -0.2) is 87.1 Å². The van der Waals surface area contributed by atoms with Crippen LogP contribution in [0.25, 0.3) is 0 Å². The van der Waals surface area contributed by atoms with Crippen molar-refractivity contribution >= 4 is 19.8 Å². The number of hydrogen-bond acceptors (Lipinski definition) is 8. The average molecular weight is 797 g/mol. The van der Waals surface area contributed by atoms with Crippen LogP contribution in [0.5, 0.6) is 0 Å². The summed E-state index contributed by atoms with van der Waals surface area (Å²) in [7, 11) is 1.43. The van der Waals surface area contributed by atoms with E-state index < -0.39 is 26.5 Å². The summed E-state index contributed by atoms with van der Waals surface area (Å²) in [5, 5.41) is 0. The first-order chi connectivity index (χ1) is 26.5. The van der Waals surface area contributed by atoms with E-state index in [1.807, 2.05) is 27.2 Å². The fourth-order valence-corrected chi connectivity index (χ4v) is 6.56. The van der Waals surface area contributed by atoms with Gasteiger partial charge in [0.05, 0.1) is 40.0 Å². The van der Waals surface area contributed by atoms with Crippen molar-refractivity contribution in [2.75, 3.05) is 47.5 Å². The van der Waals surface area contributed by atoms with Gasteiger partial charge in [-0.25, -0.2) is 4.57 Å². The van der Waals surface area contributed by atoms with E-state index in [9.17, 15) is 19.0 Å². The van der Waals surface area contributed by atoms with Crippen molar-refractivity contribution in [3.05, 3.63) is 48.6 Å². The molecule has 0 spiro atoms. The smallest absolute Gasteiger partial charge is 0.462 e. The Hall–Kier alpha value is -2.07. The molecule has 0 bridgehead atoms. The molecule has 1 N–H and O–H groups in total. The lowest BCUT2D eigenvalue weighted by molar-refractivity contribution is -0.870. The van der Waals surface area contributed by atoms with E-state index in [-0.39, 0.29) is 32.0 Å². The molecular formula is C44H79NO9P+. The first-order valence-electron chi connectivity index (χ1n) is 21.5. The van der Waals surface area contributed by atoms with E-state index in [2.05, 4.69) is 56.4 Å². The normalized spacial score (nSPS) is 17.8. The Morgan fingerprint density at radius 2 is 1.20 bits per heavy atom. The second-order valence-corrected chi connectivity index (χ2v) is 17.2. The fourth-order valence-electron chi connectivity index (χ4n) is 5.82. The van der Waals surface area contributed by atoms with Crippen LogP contribution < -0.4 is 0 Å². The molecule has 0 radical (unpaired) electrons. The number of epoxide rings is 1. The number of quaternary nitrogens is 1. The molecule has 1 saturated heterocycles. The SMILES string of the molecule is CCCCCCCCCCCCCCCC(=O)OC[C@H](COP(=O)(O)OCC[N+](C)(C)C)OC(=O)CCC/C=C\C/C=C\C/C=C\C/C=C\C[C@H]1O[C@H]1CC. The van der Waals surface area contributed by atoms with Crippen molar-refractivity contribution in [2.45, 2.75) is 173 Å². The second kappa shape index (κ2) is 33.0. The molecule has 1 aliphatic heterocycles. The molecule has 11 heteroatoms. The molecule has 0 aliphatic carbocycles. The summed E-state index contributed by atoms with van der Waals surface area (Å²) in [6.45, 7) is 4.24. The number of likely N-dealkylation sites (N-methyl/N-ethyl adjacent to an activating group) is 1. The number of allylic oxidation sites excluding steroid dienone is 7. The monoisotopic (exact) mass is 797 g/mol. The number of unbranched alkanes of at least 4 members (excludes halogenated alkanes) is 13. The van der Waals surface area contributed by atoms with Gasteiger partial charge in [-0.15, -0.1) is 0 Å². The zero-order valence-corrected chi connectivity index (χ0v) is 36.2. The maximum Gasteiger partial charge on any atom is 0.472 e. The highest BCUT2D eigenvalue weighted by molar-refractivity contribution is 7.47. The lowest BCUT2D eigenvalue weighted by atomic mass is 10.0. The zero-order chi connectivity index (χ0) is 40.5. The van der Waals surface area contributed by atoms with Crippen molar-refractivity contribution in [2.24, 2.45) is 0 Å². The van der Waals surface area contributed by atoms with Crippen LogP contribution in [-0.2, 0) is 37.4 Å². The molecule has 10 nitrogen and oxygen atoms in total. The van der Waals surface area contributed by atoms with Crippen molar-refractivity contribution in [3.63, 3.8) is 0 Å². The molecule has 1 rings (SSSR count). The summed E-state index contributed by atoms with van der Waals surface area (Å²) in [6, 6.07) is 0. The number of ether oxygens (including phenoxy) is 3. The third-order valence-electron chi connectivity index (χ3n) is 9.35. The van der Waals surface area contributed by atoms with Crippen LogP contribution in [0.3, 0.4) is 0 Å². The predicted molar refractivity (Wildman–Crippen MR) is 224 cm³/mol. The lowest BCUT2D eigenvalue weighted by Gasteiger charge is -2.24. The highest BCUT2D eigenvalue weighted by Gasteiger charge is 2.35. The van der Waals surface area contributed by atoms with Gasteiger partial charge in [0.25, 0.3) is 0 Å². The highest BCUT2D eigenvalue weighted by Crippen LogP contribution is 2.43. The van der Waals surface area contributed by atoms with Crippen LogP contribution in [0.1, 0.15) is 155 Å². The number of phosphoric ester groups is 1. The van der Waals surface area contributed by atoms with E-state index in [0.717, 1.165) is 51.4 Å². The number of carbonyl (C=O) groups excluding carboxylic acids is 2. The van der Waals surface area contributed by atoms with E-state index >= 15 is 0 Å². The molecule has 1 aliphatic rings. The first-order valence-corrected chi connectivity index (χ1v) is 23.0. The first kappa shape index (κ1) is 50.9. The molecule has 1 unspecified atom stereocenters. The Kier molecular flexibility index (Phi) is 30.5. The van der Waals surface area contributed by atoms with E-state index in [1.165, 1.54) is 64.2 Å². The standard InChI is InChI=1S/C44H78NO9P/c1-6-8-9-10-11-12-13-15-19-22-25-28-31-34-43(46)50-38-40(39-52-55(48,49)51-37-36-45(3,4)5)53-44(47)35-32-29-26-23-20-17-14-16-18-21-24-27-30-33-42-41(7-2)54-42/h14,17-18,21,23,26-27,30,40-42H,6-13,15-16,19-20,22,24-25,28-29,31-39H2,1-5H3/p+1/b17-14-,21-18-,26-23-,30-27-/t40-,41+,42-/m1/s1. The number of hydrogen-bond donors (Lipinski definition) is 1. The summed E-state index contributed by atoms with van der Waals surface area (Å²) in [5.41, 5.74) is 0. The van der Waals surface area contributed by atoms with Crippen LogP contribution >= 0.6 is 7.82 Å².